The van der Waals surface area contributed by atoms with Gasteiger partial charge in [-0.05, 0) is 40.9 Å². The van der Waals surface area contributed by atoms with Crippen LogP contribution in [-0.4, -0.2) is 51.8 Å². The van der Waals surface area contributed by atoms with Gasteiger partial charge in [-0.15, -0.1) is 0 Å². The molecule has 2 rings (SSSR count). The van der Waals surface area contributed by atoms with Crippen molar-refractivity contribution in [3.8, 4) is 11.5 Å². The Labute approximate surface area is 129 Å². The van der Waals surface area contributed by atoms with Crippen LogP contribution in [-0.2, 0) is 6.42 Å². The molecule has 1 aromatic carbocycles. The second kappa shape index (κ2) is 7.29. The number of halogens is 1. The molecule has 5 heteroatoms. The van der Waals surface area contributed by atoms with E-state index in [-0.39, 0.29) is 0 Å². The maximum absolute atomic E-state index is 5.58. The third kappa shape index (κ3) is 3.45. The zero-order valence-electron chi connectivity index (χ0n) is 12.5. The summed E-state index contributed by atoms with van der Waals surface area (Å²) in [6.07, 6.45) is 0.985. The number of hydrogen-bond acceptors (Lipinski definition) is 4. The van der Waals surface area contributed by atoms with Gasteiger partial charge in [0.1, 0.15) is 0 Å². The van der Waals surface area contributed by atoms with E-state index < -0.39 is 0 Å². The highest BCUT2D eigenvalue weighted by Crippen LogP contribution is 2.40. The summed E-state index contributed by atoms with van der Waals surface area (Å²) in [5, 5.41) is 3.38. The molecule has 0 atom stereocenters. The van der Waals surface area contributed by atoms with E-state index >= 15 is 0 Å². The van der Waals surface area contributed by atoms with Gasteiger partial charge in [0.25, 0.3) is 0 Å². The van der Waals surface area contributed by atoms with Crippen molar-refractivity contribution >= 4 is 15.9 Å². The summed E-state index contributed by atoms with van der Waals surface area (Å²) >= 11 is 3.54. The van der Waals surface area contributed by atoms with Gasteiger partial charge in [0.2, 0.25) is 0 Å². The highest BCUT2D eigenvalue weighted by Gasteiger charge is 2.18. The lowest BCUT2D eigenvalue weighted by Crippen LogP contribution is -2.44. The molecule has 0 aromatic heterocycles. The Hall–Kier alpha value is -0.780. The van der Waals surface area contributed by atoms with Crippen molar-refractivity contribution in [2.24, 2.45) is 0 Å². The number of benzene rings is 1. The molecule has 1 N–H and O–H groups in total. The van der Waals surface area contributed by atoms with Crippen molar-refractivity contribution in [3.63, 3.8) is 0 Å². The fourth-order valence-electron chi connectivity index (χ4n) is 2.69. The monoisotopic (exact) mass is 342 g/mol. The summed E-state index contributed by atoms with van der Waals surface area (Å²) in [6.45, 7) is 7.59. The lowest BCUT2D eigenvalue weighted by atomic mass is 10.0. The van der Waals surface area contributed by atoms with Crippen LogP contribution in [0.15, 0.2) is 10.5 Å². The van der Waals surface area contributed by atoms with Crippen LogP contribution >= 0.6 is 15.9 Å². The molecular formula is C15H23BrN2O2. The quantitative estimate of drug-likeness (QED) is 0.889. The third-order valence-electron chi connectivity index (χ3n) is 3.81. The largest absolute Gasteiger partial charge is 0.493 e. The standard InChI is InChI=1S/C15H23BrN2O2/c1-11-10-13(16)15(20-3)14(19-2)12(11)4-7-18-8-5-17-6-9-18/h10,17H,4-9H2,1-3H3. The van der Waals surface area contributed by atoms with Crippen LogP contribution in [0.1, 0.15) is 11.1 Å². The Balaban J connectivity index is 2.17. The topological polar surface area (TPSA) is 33.7 Å². The van der Waals surface area contributed by atoms with Gasteiger partial charge in [0.05, 0.1) is 18.7 Å². The number of nitrogens with zero attached hydrogens (tertiary/aromatic N) is 1. The Morgan fingerprint density at radius 2 is 1.85 bits per heavy atom. The number of ether oxygens (including phenoxy) is 2. The van der Waals surface area contributed by atoms with Gasteiger partial charge in [-0.3, -0.25) is 0 Å². The predicted molar refractivity (Wildman–Crippen MR) is 85.0 cm³/mol. The van der Waals surface area contributed by atoms with Crippen LogP contribution in [0.2, 0.25) is 0 Å². The second-order valence-electron chi connectivity index (χ2n) is 5.06. The van der Waals surface area contributed by atoms with Crippen molar-refractivity contribution in [3.05, 3.63) is 21.7 Å². The van der Waals surface area contributed by atoms with Gasteiger partial charge in [-0.1, -0.05) is 0 Å². The van der Waals surface area contributed by atoms with Crippen molar-refractivity contribution in [2.45, 2.75) is 13.3 Å². The average molecular weight is 343 g/mol. The highest BCUT2D eigenvalue weighted by atomic mass is 79.9. The number of rotatable bonds is 5. The molecule has 1 aromatic rings. The van der Waals surface area contributed by atoms with Crippen LogP contribution in [0.25, 0.3) is 0 Å². The van der Waals surface area contributed by atoms with Gasteiger partial charge in [0.15, 0.2) is 11.5 Å². The Kier molecular flexibility index (Phi) is 5.69. The lowest BCUT2D eigenvalue weighted by molar-refractivity contribution is 0.242. The maximum atomic E-state index is 5.58. The molecule has 0 aliphatic carbocycles. The molecule has 1 saturated heterocycles. The average Bonchev–Trinajstić information content (AvgIpc) is 2.46. The molecule has 112 valence electrons. The molecule has 0 spiro atoms. The molecule has 1 fully saturated rings. The van der Waals surface area contributed by atoms with E-state index in [1.54, 1.807) is 14.2 Å². The van der Waals surface area contributed by atoms with Gasteiger partial charge >= 0.3 is 0 Å². The van der Waals surface area contributed by atoms with Gasteiger partial charge in [0, 0.05) is 38.3 Å². The van der Waals surface area contributed by atoms with Crippen LogP contribution in [0.3, 0.4) is 0 Å². The summed E-state index contributed by atoms with van der Waals surface area (Å²) in [4.78, 5) is 2.49. The summed E-state index contributed by atoms with van der Waals surface area (Å²) < 4.78 is 12.0. The van der Waals surface area contributed by atoms with Crippen LogP contribution in [0, 0.1) is 6.92 Å². The third-order valence-corrected chi connectivity index (χ3v) is 4.40. The van der Waals surface area contributed by atoms with E-state index in [4.69, 9.17) is 9.47 Å². The number of hydrogen-bond donors (Lipinski definition) is 1. The number of nitrogens with one attached hydrogen (secondary N) is 1. The number of methoxy groups -OCH3 is 2. The molecule has 0 amide bonds. The Morgan fingerprint density at radius 3 is 2.45 bits per heavy atom. The van der Waals surface area contributed by atoms with Crippen molar-refractivity contribution in [1.82, 2.24) is 10.2 Å². The van der Waals surface area contributed by atoms with Crippen LogP contribution in [0.5, 0.6) is 11.5 Å². The van der Waals surface area contributed by atoms with Crippen LogP contribution < -0.4 is 14.8 Å². The van der Waals surface area contributed by atoms with Gasteiger partial charge in [-0.2, -0.15) is 0 Å². The fraction of sp³-hybridized carbons (Fsp3) is 0.600. The Morgan fingerprint density at radius 1 is 1.20 bits per heavy atom. The minimum absolute atomic E-state index is 0.786. The molecule has 1 heterocycles. The summed E-state index contributed by atoms with van der Waals surface area (Å²) in [5.74, 6) is 1.64. The molecular weight excluding hydrogens is 320 g/mol. The minimum atomic E-state index is 0.786. The summed E-state index contributed by atoms with van der Waals surface area (Å²) in [7, 11) is 3.38. The summed E-state index contributed by atoms with van der Waals surface area (Å²) in [5.41, 5.74) is 2.48. The lowest BCUT2D eigenvalue weighted by Gasteiger charge is -2.27. The number of piperazine rings is 1. The molecule has 0 bridgehead atoms. The van der Waals surface area contributed by atoms with E-state index in [0.717, 1.165) is 55.1 Å². The summed E-state index contributed by atoms with van der Waals surface area (Å²) in [6, 6.07) is 2.11. The SMILES string of the molecule is COc1c(Br)cc(C)c(CCN2CCNCC2)c1OC. The smallest absolute Gasteiger partial charge is 0.175 e. The van der Waals surface area contributed by atoms with E-state index in [9.17, 15) is 0 Å². The molecule has 1 aliphatic heterocycles. The first-order chi connectivity index (χ1) is 9.67. The number of aryl methyl sites for hydroxylation is 1. The molecule has 0 unspecified atom stereocenters. The van der Waals surface area contributed by atoms with E-state index in [0.29, 0.717) is 0 Å². The van der Waals surface area contributed by atoms with Crippen molar-refractivity contribution in [1.29, 1.82) is 0 Å². The first kappa shape index (κ1) is 15.6. The fourth-order valence-corrected chi connectivity index (χ4v) is 3.37. The Bertz CT molecular complexity index is 460. The zero-order chi connectivity index (χ0) is 14.5. The van der Waals surface area contributed by atoms with Gasteiger partial charge in [-0.25, -0.2) is 0 Å². The second-order valence-corrected chi connectivity index (χ2v) is 5.92. The zero-order valence-corrected chi connectivity index (χ0v) is 14.0. The highest BCUT2D eigenvalue weighted by molar-refractivity contribution is 9.10. The van der Waals surface area contributed by atoms with Crippen molar-refractivity contribution < 1.29 is 9.47 Å². The van der Waals surface area contributed by atoms with Crippen molar-refractivity contribution in [2.75, 3.05) is 46.9 Å². The molecule has 0 saturated carbocycles. The van der Waals surface area contributed by atoms with Gasteiger partial charge < -0.3 is 19.7 Å². The first-order valence-electron chi connectivity index (χ1n) is 7.00. The van der Waals surface area contributed by atoms with E-state index in [1.807, 2.05) is 0 Å². The normalized spacial score (nSPS) is 16.2. The predicted octanol–water partition coefficient (Wildman–Crippen LogP) is 2.22. The molecule has 20 heavy (non-hydrogen) atoms. The van der Waals surface area contributed by atoms with E-state index in [1.165, 1.54) is 11.1 Å². The molecule has 1 aliphatic rings. The van der Waals surface area contributed by atoms with E-state index in [2.05, 4.69) is 39.1 Å². The molecule has 4 nitrogen and oxygen atoms in total. The first-order valence-corrected chi connectivity index (χ1v) is 7.79. The maximum Gasteiger partial charge on any atom is 0.175 e. The minimum Gasteiger partial charge on any atom is -0.493 e. The van der Waals surface area contributed by atoms with Crippen LogP contribution in [0.4, 0.5) is 0 Å². The molecule has 0 radical (unpaired) electrons.